The maximum atomic E-state index is 12.2. The van der Waals surface area contributed by atoms with Crippen molar-refractivity contribution in [2.45, 2.75) is 38.3 Å². The zero-order chi connectivity index (χ0) is 12.6. The van der Waals surface area contributed by atoms with Gasteiger partial charge >= 0.3 is 0 Å². The number of piperazine rings is 1. The van der Waals surface area contributed by atoms with Crippen molar-refractivity contribution in [2.75, 3.05) is 26.7 Å². The molecule has 2 rings (SSSR count). The van der Waals surface area contributed by atoms with E-state index in [2.05, 4.69) is 0 Å². The second-order valence-electron chi connectivity index (χ2n) is 5.40. The summed E-state index contributed by atoms with van der Waals surface area (Å²) in [6.07, 6.45) is 1.73. The molecule has 2 aliphatic heterocycles. The normalized spacial score (nSPS) is 25.5. The van der Waals surface area contributed by atoms with E-state index in [1.165, 1.54) is 0 Å². The SMILES string of the molecule is COC(C)(C)CN1CC(=O)N2CCCC2C1=O. The highest BCUT2D eigenvalue weighted by Crippen LogP contribution is 2.25. The van der Waals surface area contributed by atoms with E-state index in [0.29, 0.717) is 6.54 Å². The molecule has 0 aromatic rings. The van der Waals surface area contributed by atoms with Crippen molar-refractivity contribution < 1.29 is 14.3 Å². The van der Waals surface area contributed by atoms with Crippen molar-refractivity contribution in [1.82, 2.24) is 9.80 Å². The minimum atomic E-state index is -0.406. The minimum absolute atomic E-state index is 0.0685. The van der Waals surface area contributed by atoms with Crippen molar-refractivity contribution in [1.29, 1.82) is 0 Å². The number of amides is 2. The molecule has 2 heterocycles. The first kappa shape index (κ1) is 12.4. The van der Waals surface area contributed by atoms with Gasteiger partial charge in [0.05, 0.1) is 12.1 Å². The van der Waals surface area contributed by atoms with Crippen LogP contribution in [0.3, 0.4) is 0 Å². The molecule has 0 saturated carbocycles. The molecule has 5 nitrogen and oxygen atoms in total. The van der Waals surface area contributed by atoms with Crippen LogP contribution in [0.1, 0.15) is 26.7 Å². The Kier molecular flexibility index (Phi) is 3.12. The molecule has 0 aliphatic carbocycles. The second-order valence-corrected chi connectivity index (χ2v) is 5.40. The fourth-order valence-corrected chi connectivity index (χ4v) is 2.52. The summed E-state index contributed by atoms with van der Waals surface area (Å²) in [5, 5.41) is 0. The summed E-state index contributed by atoms with van der Waals surface area (Å²) in [6.45, 7) is 5.24. The van der Waals surface area contributed by atoms with Gasteiger partial charge in [0.2, 0.25) is 11.8 Å². The molecule has 0 aromatic heterocycles. The predicted octanol–water partition coefficient (Wildman–Crippen LogP) is 0.245. The van der Waals surface area contributed by atoms with Crippen LogP contribution in [-0.2, 0) is 14.3 Å². The number of ether oxygens (including phenoxy) is 1. The van der Waals surface area contributed by atoms with Crippen molar-refractivity contribution in [2.24, 2.45) is 0 Å². The van der Waals surface area contributed by atoms with Crippen molar-refractivity contribution in [3.63, 3.8) is 0 Å². The Morgan fingerprint density at radius 1 is 1.41 bits per heavy atom. The van der Waals surface area contributed by atoms with Gasteiger partial charge < -0.3 is 14.5 Å². The molecular formula is C12H20N2O3. The van der Waals surface area contributed by atoms with Crippen LogP contribution in [-0.4, -0.2) is 60.0 Å². The number of carbonyl (C=O) groups is 2. The Labute approximate surface area is 102 Å². The zero-order valence-corrected chi connectivity index (χ0v) is 10.7. The Morgan fingerprint density at radius 3 is 2.76 bits per heavy atom. The molecule has 0 spiro atoms. The Morgan fingerprint density at radius 2 is 2.12 bits per heavy atom. The van der Waals surface area contributed by atoms with E-state index in [1.54, 1.807) is 16.9 Å². The molecule has 2 amide bonds. The van der Waals surface area contributed by atoms with Gasteiger partial charge in [0.1, 0.15) is 6.04 Å². The number of fused-ring (bicyclic) bond motifs is 1. The lowest BCUT2D eigenvalue weighted by molar-refractivity contribution is -0.156. The third-order valence-electron chi connectivity index (χ3n) is 3.62. The molecule has 2 fully saturated rings. The first-order chi connectivity index (χ1) is 7.94. The summed E-state index contributed by atoms with van der Waals surface area (Å²) in [5.41, 5.74) is -0.406. The van der Waals surface area contributed by atoms with Gasteiger partial charge in [-0.05, 0) is 26.7 Å². The van der Waals surface area contributed by atoms with Gasteiger partial charge in [0.25, 0.3) is 0 Å². The van der Waals surface area contributed by atoms with Crippen LogP contribution in [0.25, 0.3) is 0 Å². The molecule has 1 unspecified atom stereocenters. The maximum absolute atomic E-state index is 12.2. The van der Waals surface area contributed by atoms with E-state index >= 15 is 0 Å². The van der Waals surface area contributed by atoms with Crippen molar-refractivity contribution in [3.05, 3.63) is 0 Å². The molecule has 5 heteroatoms. The largest absolute Gasteiger partial charge is 0.377 e. The lowest BCUT2D eigenvalue weighted by Crippen LogP contribution is -2.59. The summed E-state index contributed by atoms with van der Waals surface area (Å²) in [7, 11) is 1.62. The van der Waals surface area contributed by atoms with Crippen LogP contribution in [0.4, 0.5) is 0 Å². The monoisotopic (exact) mass is 240 g/mol. The number of hydrogen-bond acceptors (Lipinski definition) is 3. The second kappa shape index (κ2) is 4.29. The highest BCUT2D eigenvalue weighted by molar-refractivity contribution is 5.95. The fourth-order valence-electron chi connectivity index (χ4n) is 2.52. The standard InChI is InChI=1S/C12H20N2O3/c1-12(2,17-3)8-13-7-10(15)14-6-4-5-9(14)11(13)16/h9H,4-8H2,1-3H3. The zero-order valence-electron chi connectivity index (χ0n) is 10.7. The molecule has 0 N–H and O–H groups in total. The summed E-state index contributed by atoms with van der Waals surface area (Å²) >= 11 is 0. The molecule has 1 atom stereocenters. The summed E-state index contributed by atoms with van der Waals surface area (Å²) in [5.74, 6) is 0.145. The summed E-state index contributed by atoms with van der Waals surface area (Å²) in [6, 6.07) is -0.219. The van der Waals surface area contributed by atoms with E-state index in [-0.39, 0.29) is 24.4 Å². The fraction of sp³-hybridized carbons (Fsp3) is 0.833. The van der Waals surface area contributed by atoms with Crippen LogP contribution < -0.4 is 0 Å². The molecule has 96 valence electrons. The van der Waals surface area contributed by atoms with E-state index in [1.807, 2.05) is 13.8 Å². The number of carbonyl (C=O) groups excluding carboxylic acids is 2. The van der Waals surface area contributed by atoms with Crippen molar-refractivity contribution in [3.8, 4) is 0 Å². The average molecular weight is 240 g/mol. The number of methoxy groups -OCH3 is 1. The summed E-state index contributed by atoms with van der Waals surface area (Å²) in [4.78, 5) is 27.5. The van der Waals surface area contributed by atoms with Gasteiger partial charge in [-0.25, -0.2) is 0 Å². The molecule has 0 radical (unpaired) electrons. The van der Waals surface area contributed by atoms with E-state index in [0.717, 1.165) is 19.4 Å². The highest BCUT2D eigenvalue weighted by atomic mass is 16.5. The first-order valence-corrected chi connectivity index (χ1v) is 6.08. The van der Waals surface area contributed by atoms with Gasteiger partial charge in [-0.2, -0.15) is 0 Å². The molecule has 0 aromatic carbocycles. The average Bonchev–Trinajstić information content (AvgIpc) is 2.75. The van der Waals surface area contributed by atoms with Crippen LogP contribution in [0.5, 0.6) is 0 Å². The van der Waals surface area contributed by atoms with Crippen LogP contribution in [0.15, 0.2) is 0 Å². The smallest absolute Gasteiger partial charge is 0.245 e. The molecule has 2 saturated heterocycles. The van der Waals surface area contributed by atoms with Gasteiger partial charge in [0.15, 0.2) is 0 Å². The van der Waals surface area contributed by atoms with Crippen LogP contribution in [0.2, 0.25) is 0 Å². The summed E-state index contributed by atoms with van der Waals surface area (Å²) < 4.78 is 5.32. The highest BCUT2D eigenvalue weighted by Gasteiger charge is 2.43. The van der Waals surface area contributed by atoms with Gasteiger partial charge in [-0.15, -0.1) is 0 Å². The topological polar surface area (TPSA) is 49.9 Å². The van der Waals surface area contributed by atoms with Gasteiger partial charge in [-0.1, -0.05) is 0 Å². The van der Waals surface area contributed by atoms with Crippen molar-refractivity contribution >= 4 is 11.8 Å². The minimum Gasteiger partial charge on any atom is -0.377 e. The van der Waals surface area contributed by atoms with E-state index in [9.17, 15) is 9.59 Å². The van der Waals surface area contributed by atoms with E-state index < -0.39 is 5.60 Å². The molecular weight excluding hydrogens is 220 g/mol. The van der Waals surface area contributed by atoms with Crippen LogP contribution >= 0.6 is 0 Å². The van der Waals surface area contributed by atoms with Crippen LogP contribution in [0, 0.1) is 0 Å². The first-order valence-electron chi connectivity index (χ1n) is 6.08. The quantitative estimate of drug-likeness (QED) is 0.710. The number of hydrogen-bond donors (Lipinski definition) is 0. The third kappa shape index (κ3) is 2.29. The predicted molar refractivity (Wildman–Crippen MR) is 62.4 cm³/mol. The lowest BCUT2D eigenvalue weighted by atomic mass is 10.1. The van der Waals surface area contributed by atoms with Gasteiger partial charge in [0, 0.05) is 20.2 Å². The number of rotatable bonds is 3. The Hall–Kier alpha value is -1.10. The molecule has 2 aliphatic rings. The lowest BCUT2D eigenvalue weighted by Gasteiger charge is -2.39. The third-order valence-corrected chi connectivity index (χ3v) is 3.62. The van der Waals surface area contributed by atoms with E-state index in [4.69, 9.17) is 4.74 Å². The maximum Gasteiger partial charge on any atom is 0.245 e. The number of nitrogens with zero attached hydrogens (tertiary/aromatic N) is 2. The Balaban J connectivity index is 2.09. The molecule has 17 heavy (non-hydrogen) atoms. The van der Waals surface area contributed by atoms with Gasteiger partial charge in [-0.3, -0.25) is 9.59 Å². The molecule has 0 bridgehead atoms. The Bertz CT molecular complexity index is 341.